The second-order valence-electron chi connectivity index (χ2n) is 3.99. The van der Waals surface area contributed by atoms with Gasteiger partial charge in [-0.05, 0) is 25.5 Å². The van der Waals surface area contributed by atoms with Crippen LogP contribution in [0.4, 0.5) is 11.5 Å². The van der Waals surface area contributed by atoms with E-state index < -0.39 is 0 Å². The molecular weight excluding hydrogens is 186 g/mol. The van der Waals surface area contributed by atoms with E-state index in [9.17, 15) is 0 Å². The molecule has 0 saturated heterocycles. The number of nitrogen functional groups attached to an aromatic ring is 1. The van der Waals surface area contributed by atoms with Gasteiger partial charge in [-0.2, -0.15) is 0 Å². The molecule has 84 valence electrons. The van der Waals surface area contributed by atoms with E-state index in [0.717, 1.165) is 23.7 Å². The van der Waals surface area contributed by atoms with E-state index in [4.69, 9.17) is 5.73 Å². The smallest absolute Gasteiger partial charge is 0.151 e. The number of aromatic nitrogens is 1. The molecule has 0 aromatic carbocycles. The summed E-state index contributed by atoms with van der Waals surface area (Å²) in [5.74, 6) is 0.908. The number of hydrogen-bond donors (Lipinski definition) is 1. The monoisotopic (exact) mass is 207 g/mol. The standard InChI is InChI=1S/C12H21N3/c1-4-5-6-9-15(3)12-11(13)8-7-10(2)14-12/h7-8H,4-6,9,13H2,1-3H3. The molecule has 0 saturated carbocycles. The largest absolute Gasteiger partial charge is 0.396 e. The summed E-state index contributed by atoms with van der Waals surface area (Å²) in [6, 6.07) is 3.87. The number of aryl methyl sites for hydroxylation is 1. The second kappa shape index (κ2) is 5.59. The Bertz CT molecular complexity index is 310. The molecule has 1 rings (SSSR count). The molecule has 0 amide bonds. The van der Waals surface area contributed by atoms with Gasteiger partial charge in [0.2, 0.25) is 0 Å². The summed E-state index contributed by atoms with van der Waals surface area (Å²) in [5.41, 5.74) is 7.67. The van der Waals surface area contributed by atoms with Crippen LogP contribution in [-0.2, 0) is 0 Å². The minimum Gasteiger partial charge on any atom is -0.396 e. The summed E-state index contributed by atoms with van der Waals surface area (Å²) in [7, 11) is 2.05. The molecule has 1 heterocycles. The molecule has 0 aliphatic heterocycles. The third-order valence-corrected chi connectivity index (χ3v) is 2.50. The third-order valence-electron chi connectivity index (χ3n) is 2.50. The third kappa shape index (κ3) is 3.42. The van der Waals surface area contributed by atoms with E-state index in [1.165, 1.54) is 19.3 Å². The maximum Gasteiger partial charge on any atom is 0.151 e. The van der Waals surface area contributed by atoms with Gasteiger partial charge in [-0.25, -0.2) is 4.98 Å². The van der Waals surface area contributed by atoms with Crippen molar-refractivity contribution in [2.75, 3.05) is 24.2 Å². The van der Waals surface area contributed by atoms with Gasteiger partial charge in [0.1, 0.15) is 0 Å². The molecule has 0 radical (unpaired) electrons. The van der Waals surface area contributed by atoms with Gasteiger partial charge in [0.25, 0.3) is 0 Å². The van der Waals surface area contributed by atoms with Gasteiger partial charge in [0.05, 0.1) is 5.69 Å². The Kier molecular flexibility index (Phi) is 4.40. The summed E-state index contributed by atoms with van der Waals surface area (Å²) in [6.07, 6.45) is 3.70. The second-order valence-corrected chi connectivity index (χ2v) is 3.99. The maximum atomic E-state index is 5.89. The van der Waals surface area contributed by atoms with Crippen molar-refractivity contribution in [1.82, 2.24) is 4.98 Å². The normalized spacial score (nSPS) is 10.3. The number of unbranched alkanes of at least 4 members (excludes halogenated alkanes) is 2. The van der Waals surface area contributed by atoms with Crippen molar-refractivity contribution in [1.29, 1.82) is 0 Å². The fraction of sp³-hybridized carbons (Fsp3) is 0.583. The van der Waals surface area contributed by atoms with Crippen molar-refractivity contribution < 1.29 is 0 Å². The number of pyridine rings is 1. The number of nitrogens with zero attached hydrogens (tertiary/aromatic N) is 2. The van der Waals surface area contributed by atoms with Crippen LogP contribution in [0.2, 0.25) is 0 Å². The lowest BCUT2D eigenvalue weighted by Crippen LogP contribution is -2.21. The Morgan fingerprint density at radius 2 is 2.07 bits per heavy atom. The Labute approximate surface area is 92.3 Å². The van der Waals surface area contributed by atoms with Crippen LogP contribution in [0.15, 0.2) is 12.1 Å². The van der Waals surface area contributed by atoms with E-state index in [2.05, 4.69) is 16.8 Å². The fourth-order valence-corrected chi connectivity index (χ4v) is 1.56. The summed E-state index contributed by atoms with van der Waals surface area (Å²) in [6.45, 7) is 5.22. The molecule has 0 unspecified atom stereocenters. The Morgan fingerprint density at radius 1 is 1.33 bits per heavy atom. The molecule has 0 bridgehead atoms. The van der Waals surface area contributed by atoms with Crippen LogP contribution in [0.5, 0.6) is 0 Å². The first-order valence-electron chi connectivity index (χ1n) is 5.59. The molecule has 1 aromatic heterocycles. The first kappa shape index (κ1) is 11.8. The molecule has 0 aliphatic carbocycles. The summed E-state index contributed by atoms with van der Waals surface area (Å²) in [5, 5.41) is 0. The zero-order chi connectivity index (χ0) is 11.3. The lowest BCUT2D eigenvalue weighted by molar-refractivity contribution is 0.701. The zero-order valence-electron chi connectivity index (χ0n) is 9.95. The van der Waals surface area contributed by atoms with Crippen molar-refractivity contribution in [3.05, 3.63) is 17.8 Å². The van der Waals surface area contributed by atoms with Crippen LogP contribution in [-0.4, -0.2) is 18.6 Å². The average molecular weight is 207 g/mol. The molecule has 3 heteroatoms. The molecule has 2 N–H and O–H groups in total. The van der Waals surface area contributed by atoms with Crippen LogP contribution in [0.3, 0.4) is 0 Å². The van der Waals surface area contributed by atoms with Gasteiger partial charge in [-0.3, -0.25) is 0 Å². The highest BCUT2D eigenvalue weighted by Crippen LogP contribution is 2.19. The molecule has 3 nitrogen and oxygen atoms in total. The highest BCUT2D eigenvalue weighted by molar-refractivity contribution is 5.62. The van der Waals surface area contributed by atoms with Gasteiger partial charge < -0.3 is 10.6 Å². The van der Waals surface area contributed by atoms with Crippen LogP contribution in [0.25, 0.3) is 0 Å². The maximum absolute atomic E-state index is 5.89. The molecule has 0 fully saturated rings. The lowest BCUT2D eigenvalue weighted by atomic mass is 10.2. The van der Waals surface area contributed by atoms with E-state index in [1.807, 2.05) is 26.1 Å². The minimum atomic E-state index is 0.764. The molecule has 1 aromatic rings. The number of rotatable bonds is 5. The highest BCUT2D eigenvalue weighted by atomic mass is 15.2. The molecule has 0 spiro atoms. The van der Waals surface area contributed by atoms with Crippen molar-refractivity contribution in [2.45, 2.75) is 33.1 Å². The number of anilines is 2. The van der Waals surface area contributed by atoms with Crippen LogP contribution >= 0.6 is 0 Å². The van der Waals surface area contributed by atoms with Crippen LogP contribution in [0.1, 0.15) is 31.9 Å². The highest BCUT2D eigenvalue weighted by Gasteiger charge is 2.06. The SMILES string of the molecule is CCCCCN(C)c1nc(C)ccc1N. The Hall–Kier alpha value is -1.25. The van der Waals surface area contributed by atoms with Gasteiger partial charge >= 0.3 is 0 Å². The summed E-state index contributed by atoms with van der Waals surface area (Å²) < 4.78 is 0. The van der Waals surface area contributed by atoms with E-state index in [1.54, 1.807) is 0 Å². The minimum absolute atomic E-state index is 0.764. The van der Waals surface area contributed by atoms with Gasteiger partial charge in [-0.1, -0.05) is 19.8 Å². The van der Waals surface area contributed by atoms with Crippen molar-refractivity contribution in [3.63, 3.8) is 0 Å². The average Bonchev–Trinajstić information content (AvgIpc) is 2.22. The van der Waals surface area contributed by atoms with E-state index >= 15 is 0 Å². The first-order chi connectivity index (χ1) is 7.15. The zero-order valence-corrected chi connectivity index (χ0v) is 9.95. The van der Waals surface area contributed by atoms with E-state index in [0.29, 0.717) is 0 Å². The van der Waals surface area contributed by atoms with Crippen molar-refractivity contribution in [3.8, 4) is 0 Å². The molecule has 15 heavy (non-hydrogen) atoms. The van der Waals surface area contributed by atoms with Crippen molar-refractivity contribution >= 4 is 11.5 Å². The van der Waals surface area contributed by atoms with E-state index in [-0.39, 0.29) is 0 Å². The summed E-state index contributed by atoms with van der Waals surface area (Å²) >= 11 is 0. The number of hydrogen-bond acceptors (Lipinski definition) is 3. The van der Waals surface area contributed by atoms with Crippen LogP contribution < -0.4 is 10.6 Å². The van der Waals surface area contributed by atoms with Gasteiger partial charge in [-0.15, -0.1) is 0 Å². The molecular formula is C12H21N3. The predicted molar refractivity (Wildman–Crippen MR) is 66.2 cm³/mol. The van der Waals surface area contributed by atoms with Gasteiger partial charge in [0.15, 0.2) is 5.82 Å². The molecule has 0 atom stereocenters. The predicted octanol–water partition coefficient (Wildman–Crippen LogP) is 2.60. The van der Waals surface area contributed by atoms with Crippen molar-refractivity contribution in [2.24, 2.45) is 0 Å². The fourth-order valence-electron chi connectivity index (χ4n) is 1.56. The molecule has 0 aliphatic rings. The van der Waals surface area contributed by atoms with Crippen LogP contribution in [0, 0.1) is 6.92 Å². The Balaban J connectivity index is 2.64. The topological polar surface area (TPSA) is 42.2 Å². The lowest BCUT2D eigenvalue weighted by Gasteiger charge is -2.20. The van der Waals surface area contributed by atoms with Gasteiger partial charge in [0, 0.05) is 19.3 Å². The quantitative estimate of drug-likeness (QED) is 0.755. The Morgan fingerprint density at radius 3 is 2.73 bits per heavy atom. The summed E-state index contributed by atoms with van der Waals surface area (Å²) in [4.78, 5) is 6.59. The first-order valence-corrected chi connectivity index (χ1v) is 5.59. The number of nitrogens with two attached hydrogens (primary N) is 1.